The molecule has 0 aromatic heterocycles. The van der Waals surface area contributed by atoms with E-state index < -0.39 is 17.5 Å². The molecule has 0 unspecified atom stereocenters. The average Bonchev–Trinajstić information content (AvgIpc) is 2.75. The maximum Gasteiger partial charge on any atom is 0.312 e. The molecule has 5 aliphatic carbocycles. The second-order valence-corrected chi connectivity index (χ2v) is 14.4. The molecular formula is C30H48O3. The Morgan fingerprint density at radius 2 is 1.61 bits per heavy atom. The van der Waals surface area contributed by atoms with Crippen molar-refractivity contribution in [1.29, 1.82) is 0 Å². The van der Waals surface area contributed by atoms with Crippen LogP contribution in [0.5, 0.6) is 0 Å². The van der Waals surface area contributed by atoms with E-state index in [4.69, 9.17) is 0 Å². The molecule has 0 aromatic carbocycles. The van der Waals surface area contributed by atoms with Crippen molar-refractivity contribution in [3.8, 4) is 0 Å². The Labute approximate surface area is 201 Å². The summed E-state index contributed by atoms with van der Waals surface area (Å²) < 4.78 is 0. The van der Waals surface area contributed by atoms with Gasteiger partial charge in [0.15, 0.2) is 0 Å². The van der Waals surface area contributed by atoms with Crippen molar-refractivity contribution in [2.45, 2.75) is 112 Å². The molecule has 0 aromatic rings. The van der Waals surface area contributed by atoms with E-state index in [9.17, 15) is 15.0 Å². The normalized spacial score (nSPS) is 58.2. The minimum Gasteiger partial charge on any atom is -0.481 e. The molecule has 0 aliphatic heterocycles. The van der Waals surface area contributed by atoms with Crippen LogP contribution in [-0.4, -0.2) is 22.3 Å². The Bertz CT molecular complexity index is 878. The molecule has 33 heavy (non-hydrogen) atoms. The van der Waals surface area contributed by atoms with Gasteiger partial charge in [-0.25, -0.2) is 0 Å². The summed E-state index contributed by atoms with van der Waals surface area (Å²) in [5.74, 6) is 1.96. The minimum absolute atomic E-state index is 0.0311. The predicted molar refractivity (Wildman–Crippen MR) is 133 cm³/mol. The topological polar surface area (TPSA) is 57.5 Å². The highest BCUT2D eigenvalue weighted by molar-refractivity contribution is 5.76. The van der Waals surface area contributed by atoms with Gasteiger partial charge in [-0.2, -0.15) is 0 Å². The Hall–Kier alpha value is -0.830. The number of aliphatic carboxylic acids is 1. The number of allylic oxidation sites excluding steroid dienone is 2. The molecule has 4 fully saturated rings. The monoisotopic (exact) mass is 456 g/mol. The van der Waals surface area contributed by atoms with Crippen LogP contribution in [0.3, 0.4) is 0 Å². The zero-order valence-corrected chi connectivity index (χ0v) is 22.2. The number of hydrogen-bond acceptors (Lipinski definition) is 2. The summed E-state index contributed by atoms with van der Waals surface area (Å²) in [4.78, 5) is 12.5. The van der Waals surface area contributed by atoms with Gasteiger partial charge in [-0.1, -0.05) is 53.2 Å². The first-order valence-corrected chi connectivity index (χ1v) is 13.9. The predicted octanol–water partition coefficient (Wildman–Crippen LogP) is 7.09. The van der Waals surface area contributed by atoms with Gasteiger partial charge in [0.25, 0.3) is 0 Å². The van der Waals surface area contributed by atoms with Crippen LogP contribution in [0.15, 0.2) is 11.6 Å². The van der Waals surface area contributed by atoms with Crippen LogP contribution in [0, 0.1) is 56.7 Å². The molecule has 0 heterocycles. The molecule has 0 amide bonds. The van der Waals surface area contributed by atoms with Gasteiger partial charge < -0.3 is 10.2 Å². The van der Waals surface area contributed by atoms with E-state index in [1.807, 2.05) is 6.92 Å². The fourth-order valence-corrected chi connectivity index (χ4v) is 10.8. The fourth-order valence-electron chi connectivity index (χ4n) is 10.8. The fraction of sp³-hybridized carbons (Fsp3) is 0.900. The van der Waals surface area contributed by atoms with Gasteiger partial charge >= 0.3 is 5.97 Å². The summed E-state index contributed by atoms with van der Waals surface area (Å²) in [5.41, 5.74) is 1.56. The summed E-state index contributed by atoms with van der Waals surface area (Å²) >= 11 is 0. The van der Waals surface area contributed by atoms with Gasteiger partial charge in [0.2, 0.25) is 0 Å². The van der Waals surface area contributed by atoms with E-state index in [1.165, 1.54) is 25.7 Å². The van der Waals surface area contributed by atoms with Crippen molar-refractivity contribution in [1.82, 2.24) is 0 Å². The van der Waals surface area contributed by atoms with Gasteiger partial charge in [0, 0.05) is 0 Å². The smallest absolute Gasteiger partial charge is 0.312 e. The molecule has 3 heteroatoms. The average molecular weight is 457 g/mol. The third-order valence-corrected chi connectivity index (χ3v) is 13.5. The molecule has 5 aliphatic rings. The molecule has 0 bridgehead atoms. The summed E-state index contributed by atoms with van der Waals surface area (Å²) in [6, 6.07) is 0. The van der Waals surface area contributed by atoms with Gasteiger partial charge in [-0.15, -0.1) is 0 Å². The van der Waals surface area contributed by atoms with Gasteiger partial charge in [0.05, 0.1) is 11.5 Å². The molecule has 0 spiro atoms. The third-order valence-electron chi connectivity index (χ3n) is 13.5. The Morgan fingerprint density at radius 1 is 0.909 bits per heavy atom. The number of carboxylic acids is 1. The van der Waals surface area contributed by atoms with Gasteiger partial charge in [-0.05, 0) is 116 Å². The van der Waals surface area contributed by atoms with Gasteiger partial charge in [-0.3, -0.25) is 4.79 Å². The van der Waals surface area contributed by atoms with Crippen molar-refractivity contribution in [2.75, 3.05) is 0 Å². The van der Waals surface area contributed by atoms with E-state index in [-0.39, 0.29) is 22.2 Å². The quantitative estimate of drug-likeness (QED) is 0.414. The van der Waals surface area contributed by atoms with Crippen LogP contribution in [0.1, 0.15) is 106 Å². The Balaban J connectivity index is 1.60. The largest absolute Gasteiger partial charge is 0.481 e. The standard InChI is InChI=1S/C30H48O3/c1-18-10-13-26(3)16-17-28(5)20(24(26)19(18)2)8-9-21-27(4)14-12-23(31)30(7,25(32)33)22(27)11-15-29(21,28)6/h8,18-19,21-24,31H,9-17H2,1-7H3,(H,32,33)/t18-,19+,21-,22-,23-,24+,26+,27+,28+,29+,30+/m1/s1. The minimum atomic E-state index is -1.03. The summed E-state index contributed by atoms with van der Waals surface area (Å²) in [7, 11) is 0. The molecule has 0 radical (unpaired) electrons. The van der Waals surface area contributed by atoms with Crippen molar-refractivity contribution in [2.24, 2.45) is 56.7 Å². The number of fused-ring (bicyclic) bond motifs is 7. The molecule has 0 saturated heterocycles. The van der Waals surface area contributed by atoms with E-state index in [0.717, 1.165) is 37.5 Å². The number of rotatable bonds is 1. The van der Waals surface area contributed by atoms with E-state index in [1.54, 1.807) is 5.57 Å². The van der Waals surface area contributed by atoms with Crippen LogP contribution < -0.4 is 0 Å². The molecule has 4 saturated carbocycles. The molecule has 3 nitrogen and oxygen atoms in total. The highest BCUT2D eigenvalue weighted by Crippen LogP contribution is 2.75. The Kier molecular flexibility index (Phi) is 5.15. The highest BCUT2D eigenvalue weighted by atomic mass is 16.4. The van der Waals surface area contributed by atoms with Crippen LogP contribution in [-0.2, 0) is 4.79 Å². The molecule has 5 rings (SSSR count). The summed E-state index contributed by atoms with van der Waals surface area (Å²) in [6.07, 6.45) is 12.0. The van der Waals surface area contributed by atoms with Crippen LogP contribution in [0.2, 0.25) is 0 Å². The van der Waals surface area contributed by atoms with E-state index in [2.05, 4.69) is 47.6 Å². The number of aliphatic hydroxyl groups is 1. The highest BCUT2D eigenvalue weighted by Gasteiger charge is 2.69. The number of aliphatic hydroxyl groups excluding tert-OH is 1. The molecule has 186 valence electrons. The Morgan fingerprint density at radius 3 is 2.27 bits per heavy atom. The zero-order valence-electron chi connectivity index (χ0n) is 22.2. The maximum absolute atomic E-state index is 12.5. The lowest BCUT2D eigenvalue weighted by Gasteiger charge is -2.71. The third kappa shape index (κ3) is 2.75. The van der Waals surface area contributed by atoms with Crippen LogP contribution in [0.25, 0.3) is 0 Å². The lowest BCUT2D eigenvalue weighted by molar-refractivity contribution is -0.217. The van der Waals surface area contributed by atoms with E-state index in [0.29, 0.717) is 23.7 Å². The molecule has 11 atom stereocenters. The van der Waals surface area contributed by atoms with Crippen molar-refractivity contribution in [3.63, 3.8) is 0 Å². The first kappa shape index (κ1) is 23.9. The number of hydrogen-bond donors (Lipinski definition) is 2. The maximum atomic E-state index is 12.5. The lowest BCUT2D eigenvalue weighted by atomic mass is 9.33. The first-order chi connectivity index (χ1) is 15.3. The first-order valence-electron chi connectivity index (χ1n) is 13.9. The number of carbonyl (C=O) groups is 1. The summed E-state index contributed by atoms with van der Waals surface area (Å²) in [5, 5.41) is 21.1. The van der Waals surface area contributed by atoms with Crippen LogP contribution in [0.4, 0.5) is 0 Å². The van der Waals surface area contributed by atoms with E-state index >= 15 is 0 Å². The van der Waals surface area contributed by atoms with Crippen molar-refractivity contribution < 1.29 is 15.0 Å². The SMILES string of the molecule is C[C@H]1[C@H](C)CC[C@@]2(C)CC[C@@]3(C)C(=CC[C@@H]4[C@]5(C)CC[C@@H](O)[C@@](C)(C(=O)O)[C@@H]5CC[C@@]43C)[C@H]12. The van der Waals surface area contributed by atoms with Crippen LogP contribution >= 0.6 is 0 Å². The van der Waals surface area contributed by atoms with Crippen molar-refractivity contribution in [3.05, 3.63) is 11.6 Å². The number of carboxylic acid groups (broad SMARTS) is 1. The molecular weight excluding hydrogens is 408 g/mol. The molecule has 2 N–H and O–H groups in total. The van der Waals surface area contributed by atoms with Gasteiger partial charge in [0.1, 0.15) is 0 Å². The zero-order chi connectivity index (χ0) is 24.2. The second kappa shape index (κ2) is 7.11. The second-order valence-electron chi connectivity index (χ2n) is 14.4. The van der Waals surface area contributed by atoms with Crippen molar-refractivity contribution >= 4 is 5.97 Å². The summed E-state index contributed by atoms with van der Waals surface area (Å²) in [6.45, 7) is 17.0. The lowest BCUT2D eigenvalue weighted by Crippen LogP contribution is -2.66.